The van der Waals surface area contributed by atoms with E-state index in [0.29, 0.717) is 35.5 Å². The summed E-state index contributed by atoms with van der Waals surface area (Å²) < 4.78 is 48.5. The van der Waals surface area contributed by atoms with Gasteiger partial charge in [-0.05, 0) is 51.9 Å². The molecule has 3 aromatic carbocycles. The third kappa shape index (κ3) is 5.46. The molecule has 1 aliphatic rings. The number of ether oxygens (including phenoxy) is 2. The maximum Gasteiger partial charge on any atom is 0.573 e. The Hall–Kier alpha value is -3.03. The standard InChI is InChI=1S/C28H30F3NO3/c1-26(2,3)21-10-13-25(34-4)24(15-21)27(33)18-32(16-19-8-6-5-7-9-19)17-20-14-22(11-12-23(20)27)35-28(29,30)31/h5-15,33H,16-18H2,1-4H3. The quantitative estimate of drug-likeness (QED) is 0.471. The van der Waals surface area contributed by atoms with Crippen molar-refractivity contribution in [2.24, 2.45) is 0 Å². The number of hydrogen-bond acceptors (Lipinski definition) is 4. The number of nitrogens with zero attached hydrogens (tertiary/aromatic N) is 1. The number of halogens is 3. The lowest BCUT2D eigenvalue weighted by atomic mass is 9.77. The zero-order valence-electron chi connectivity index (χ0n) is 20.3. The molecule has 7 heteroatoms. The van der Waals surface area contributed by atoms with E-state index in [1.165, 1.54) is 18.2 Å². The molecule has 3 aromatic rings. The molecule has 0 saturated heterocycles. The Bertz CT molecular complexity index is 1190. The van der Waals surface area contributed by atoms with Gasteiger partial charge in [0.05, 0.1) is 7.11 Å². The molecule has 35 heavy (non-hydrogen) atoms. The first-order valence-electron chi connectivity index (χ1n) is 11.5. The van der Waals surface area contributed by atoms with Gasteiger partial charge in [0.25, 0.3) is 0 Å². The van der Waals surface area contributed by atoms with Gasteiger partial charge in [-0.1, -0.05) is 63.2 Å². The Morgan fingerprint density at radius 3 is 2.29 bits per heavy atom. The summed E-state index contributed by atoms with van der Waals surface area (Å²) in [7, 11) is 1.55. The maximum atomic E-state index is 12.9. The van der Waals surface area contributed by atoms with Crippen LogP contribution in [0.15, 0.2) is 66.7 Å². The van der Waals surface area contributed by atoms with E-state index < -0.39 is 12.0 Å². The first kappa shape index (κ1) is 25.1. The van der Waals surface area contributed by atoms with Gasteiger partial charge < -0.3 is 14.6 Å². The van der Waals surface area contributed by atoms with Crippen molar-refractivity contribution in [3.05, 3.63) is 94.5 Å². The number of rotatable bonds is 5. The SMILES string of the molecule is COc1ccc(C(C)(C)C)cc1C1(O)CN(Cc2ccccc2)Cc2cc(OC(F)(F)F)ccc21. The van der Waals surface area contributed by atoms with Crippen LogP contribution in [0.4, 0.5) is 13.2 Å². The summed E-state index contributed by atoms with van der Waals surface area (Å²) in [4.78, 5) is 2.03. The molecular weight excluding hydrogens is 455 g/mol. The molecule has 1 aliphatic heterocycles. The summed E-state index contributed by atoms with van der Waals surface area (Å²) in [6, 6.07) is 19.7. The second-order valence-electron chi connectivity index (χ2n) is 10.0. The number of methoxy groups -OCH3 is 1. The minimum Gasteiger partial charge on any atom is -0.496 e. The van der Waals surface area contributed by atoms with E-state index in [1.54, 1.807) is 7.11 Å². The number of benzene rings is 3. The number of hydrogen-bond donors (Lipinski definition) is 1. The van der Waals surface area contributed by atoms with Crippen molar-refractivity contribution in [2.45, 2.75) is 51.2 Å². The Morgan fingerprint density at radius 1 is 0.943 bits per heavy atom. The summed E-state index contributed by atoms with van der Waals surface area (Å²) in [5, 5.41) is 12.3. The number of β-amino-alcohol motifs (C(OH)–C–C–N with tert-alkyl or cyclic N) is 1. The Morgan fingerprint density at radius 2 is 1.66 bits per heavy atom. The Kier molecular flexibility index (Phi) is 6.60. The van der Waals surface area contributed by atoms with Gasteiger partial charge in [-0.15, -0.1) is 13.2 Å². The van der Waals surface area contributed by atoms with E-state index in [9.17, 15) is 18.3 Å². The molecule has 0 spiro atoms. The Labute approximate surface area is 203 Å². The van der Waals surface area contributed by atoms with E-state index in [1.807, 2.05) is 53.4 Å². The van der Waals surface area contributed by atoms with Gasteiger partial charge in [0.1, 0.15) is 17.1 Å². The molecule has 1 heterocycles. The lowest BCUT2D eigenvalue weighted by molar-refractivity contribution is -0.274. The predicted octanol–water partition coefficient (Wildman–Crippen LogP) is 6.14. The van der Waals surface area contributed by atoms with E-state index in [4.69, 9.17) is 4.74 Å². The van der Waals surface area contributed by atoms with Crippen molar-refractivity contribution in [1.82, 2.24) is 4.90 Å². The van der Waals surface area contributed by atoms with Crippen molar-refractivity contribution < 1.29 is 27.8 Å². The van der Waals surface area contributed by atoms with Crippen molar-refractivity contribution in [3.63, 3.8) is 0 Å². The lowest BCUT2D eigenvalue weighted by Crippen LogP contribution is -2.46. The summed E-state index contributed by atoms with van der Waals surface area (Å²) in [6.07, 6.45) is -4.80. The fourth-order valence-corrected chi connectivity index (χ4v) is 4.69. The second-order valence-corrected chi connectivity index (χ2v) is 10.0. The highest BCUT2D eigenvalue weighted by Gasteiger charge is 2.42. The molecule has 1 unspecified atom stereocenters. The molecule has 0 fully saturated rings. The first-order valence-corrected chi connectivity index (χ1v) is 11.5. The normalized spacial score (nSPS) is 18.7. The third-order valence-electron chi connectivity index (χ3n) is 6.36. The van der Waals surface area contributed by atoms with Crippen LogP contribution in [0, 0.1) is 0 Å². The predicted molar refractivity (Wildman–Crippen MR) is 128 cm³/mol. The number of fused-ring (bicyclic) bond motifs is 1. The van der Waals surface area contributed by atoms with Crippen LogP contribution < -0.4 is 9.47 Å². The molecule has 0 amide bonds. The second kappa shape index (κ2) is 9.21. The first-order chi connectivity index (χ1) is 16.4. The molecule has 4 nitrogen and oxygen atoms in total. The van der Waals surface area contributed by atoms with Crippen molar-refractivity contribution in [3.8, 4) is 11.5 Å². The number of alkyl halides is 3. The minimum absolute atomic E-state index is 0.178. The zero-order chi connectivity index (χ0) is 25.4. The lowest BCUT2D eigenvalue weighted by Gasteiger charge is -2.42. The van der Waals surface area contributed by atoms with Crippen LogP contribution in [0.25, 0.3) is 0 Å². The van der Waals surface area contributed by atoms with Crippen molar-refractivity contribution in [1.29, 1.82) is 0 Å². The molecule has 0 radical (unpaired) electrons. The van der Waals surface area contributed by atoms with E-state index in [2.05, 4.69) is 25.5 Å². The van der Waals surface area contributed by atoms with Crippen LogP contribution in [0.2, 0.25) is 0 Å². The molecule has 0 aromatic heterocycles. The highest BCUT2D eigenvalue weighted by Crippen LogP contribution is 2.44. The fourth-order valence-electron chi connectivity index (χ4n) is 4.69. The summed E-state index contributed by atoms with van der Waals surface area (Å²) in [6.45, 7) is 7.38. The van der Waals surface area contributed by atoms with Crippen LogP contribution in [0.5, 0.6) is 11.5 Å². The van der Waals surface area contributed by atoms with Gasteiger partial charge in [0.15, 0.2) is 0 Å². The molecule has 0 aliphatic carbocycles. The molecule has 0 saturated carbocycles. The topological polar surface area (TPSA) is 41.9 Å². The zero-order valence-corrected chi connectivity index (χ0v) is 20.3. The van der Waals surface area contributed by atoms with Gasteiger partial charge in [-0.25, -0.2) is 0 Å². The minimum atomic E-state index is -4.80. The van der Waals surface area contributed by atoms with Gasteiger partial charge >= 0.3 is 6.36 Å². The van der Waals surface area contributed by atoms with Crippen LogP contribution in [0.1, 0.15) is 48.6 Å². The van der Waals surface area contributed by atoms with Gasteiger partial charge in [-0.3, -0.25) is 4.90 Å². The molecule has 0 bridgehead atoms. The molecule has 186 valence electrons. The maximum absolute atomic E-state index is 12.9. The fraction of sp³-hybridized carbons (Fsp3) is 0.357. The van der Waals surface area contributed by atoms with Crippen LogP contribution in [0.3, 0.4) is 0 Å². The average Bonchev–Trinajstić information content (AvgIpc) is 2.77. The van der Waals surface area contributed by atoms with Gasteiger partial charge in [0.2, 0.25) is 0 Å². The van der Waals surface area contributed by atoms with Crippen LogP contribution >= 0.6 is 0 Å². The average molecular weight is 486 g/mol. The van der Waals surface area contributed by atoms with Gasteiger partial charge in [0, 0.05) is 25.2 Å². The molecule has 1 atom stereocenters. The van der Waals surface area contributed by atoms with Crippen molar-refractivity contribution >= 4 is 0 Å². The smallest absolute Gasteiger partial charge is 0.496 e. The third-order valence-corrected chi connectivity index (χ3v) is 6.36. The van der Waals surface area contributed by atoms with E-state index in [-0.39, 0.29) is 17.7 Å². The van der Waals surface area contributed by atoms with Crippen molar-refractivity contribution in [2.75, 3.05) is 13.7 Å². The largest absolute Gasteiger partial charge is 0.573 e. The molecule has 4 rings (SSSR count). The monoisotopic (exact) mass is 485 g/mol. The molecular formula is C28H30F3NO3. The highest BCUT2D eigenvalue weighted by atomic mass is 19.4. The highest BCUT2D eigenvalue weighted by molar-refractivity contribution is 5.52. The Balaban J connectivity index is 1.85. The molecule has 1 N–H and O–H groups in total. The van der Waals surface area contributed by atoms with E-state index >= 15 is 0 Å². The van der Waals surface area contributed by atoms with Gasteiger partial charge in [-0.2, -0.15) is 0 Å². The van der Waals surface area contributed by atoms with Crippen LogP contribution in [-0.4, -0.2) is 30.0 Å². The summed E-state index contributed by atoms with van der Waals surface area (Å²) >= 11 is 0. The summed E-state index contributed by atoms with van der Waals surface area (Å²) in [5.74, 6) is 0.208. The number of aliphatic hydroxyl groups is 1. The van der Waals surface area contributed by atoms with E-state index in [0.717, 1.165) is 11.1 Å². The summed E-state index contributed by atoms with van der Waals surface area (Å²) in [5.41, 5.74) is 2.06. The van der Waals surface area contributed by atoms with Crippen LogP contribution in [-0.2, 0) is 24.1 Å².